The number of amides is 1. The Morgan fingerprint density at radius 1 is 1.06 bits per heavy atom. The molecular weight excluding hydrogens is 458 g/mol. The van der Waals surface area contributed by atoms with Gasteiger partial charge in [0.05, 0.1) is 5.69 Å². The van der Waals surface area contributed by atoms with Crippen molar-refractivity contribution in [3.05, 3.63) is 78.0 Å². The molecule has 33 heavy (non-hydrogen) atoms. The Hall–Kier alpha value is -3.34. The van der Waals surface area contributed by atoms with Crippen molar-refractivity contribution < 1.29 is 22.4 Å². The Balaban J connectivity index is 1.59. The number of hydrogen-bond acceptors (Lipinski definition) is 5. The Labute approximate surface area is 192 Å². The molecule has 4 rings (SSSR count). The first-order valence-corrected chi connectivity index (χ1v) is 10.4. The lowest BCUT2D eigenvalue weighted by molar-refractivity contribution is -0.142. The van der Waals surface area contributed by atoms with Crippen LogP contribution in [-0.4, -0.2) is 51.6 Å². The van der Waals surface area contributed by atoms with Crippen LogP contribution in [0.15, 0.2) is 55.1 Å². The number of piperazine rings is 1. The normalized spacial score (nSPS) is 15.2. The molecule has 1 amide bonds. The number of benzene rings is 1. The number of halogens is 4. The summed E-state index contributed by atoms with van der Waals surface area (Å²) < 4.78 is 54.8. The lowest BCUT2D eigenvalue weighted by Gasteiger charge is -2.35. The molecule has 1 aliphatic heterocycles. The Kier molecular flexibility index (Phi) is 6.15. The molecule has 3 heterocycles. The average Bonchev–Trinajstić information content (AvgIpc) is 3.22. The summed E-state index contributed by atoms with van der Waals surface area (Å²) in [5.41, 5.74) is -0.486. The molecule has 0 N–H and O–H groups in total. The molecule has 0 saturated carbocycles. The van der Waals surface area contributed by atoms with E-state index in [0.717, 1.165) is 11.8 Å². The molecule has 0 bridgehead atoms. The molecule has 1 aliphatic rings. The summed E-state index contributed by atoms with van der Waals surface area (Å²) in [4.78, 5) is 20.9. The maximum absolute atomic E-state index is 13.7. The van der Waals surface area contributed by atoms with E-state index in [1.807, 2.05) is 4.90 Å². The predicted molar refractivity (Wildman–Crippen MR) is 120 cm³/mol. The van der Waals surface area contributed by atoms with Gasteiger partial charge < -0.3 is 9.80 Å². The smallest absolute Gasteiger partial charge is 0.368 e. The minimum atomic E-state index is -4.72. The molecule has 6 nitrogen and oxygen atoms in total. The van der Waals surface area contributed by atoms with Gasteiger partial charge in [-0.05, 0) is 36.4 Å². The first kappa shape index (κ1) is 22.8. The summed E-state index contributed by atoms with van der Waals surface area (Å²) >= 11 is 4.17. The van der Waals surface area contributed by atoms with E-state index >= 15 is 0 Å². The number of nitrogens with zero attached hydrogens (tertiary/aromatic N) is 5. The van der Waals surface area contributed by atoms with Crippen LogP contribution in [0.3, 0.4) is 0 Å². The fourth-order valence-corrected chi connectivity index (χ4v) is 3.81. The van der Waals surface area contributed by atoms with Gasteiger partial charge in [0.25, 0.3) is 5.91 Å². The number of rotatable bonds is 4. The highest BCUT2D eigenvalue weighted by Gasteiger charge is 2.36. The maximum Gasteiger partial charge on any atom is 0.433 e. The monoisotopic (exact) mass is 477 g/mol. The number of thiol groups is 1. The molecule has 0 radical (unpaired) electrons. The molecule has 172 valence electrons. The van der Waals surface area contributed by atoms with Gasteiger partial charge in [-0.2, -0.15) is 18.3 Å². The molecule has 0 aliphatic carbocycles. The van der Waals surface area contributed by atoms with Crippen molar-refractivity contribution in [2.24, 2.45) is 0 Å². The third-order valence-electron chi connectivity index (χ3n) is 5.23. The van der Waals surface area contributed by atoms with Gasteiger partial charge in [-0.15, -0.1) is 12.6 Å². The molecule has 11 heteroatoms. The van der Waals surface area contributed by atoms with Gasteiger partial charge in [0.2, 0.25) is 0 Å². The van der Waals surface area contributed by atoms with E-state index in [1.54, 1.807) is 12.1 Å². The molecule has 0 spiro atoms. The van der Waals surface area contributed by atoms with Crippen LogP contribution in [-0.2, 0) is 6.18 Å². The van der Waals surface area contributed by atoms with E-state index < -0.39 is 17.8 Å². The van der Waals surface area contributed by atoms with Gasteiger partial charge in [0.1, 0.15) is 5.82 Å². The van der Waals surface area contributed by atoms with E-state index in [4.69, 9.17) is 0 Å². The lowest BCUT2D eigenvalue weighted by Crippen LogP contribution is -2.48. The van der Waals surface area contributed by atoms with E-state index in [9.17, 15) is 22.4 Å². The summed E-state index contributed by atoms with van der Waals surface area (Å²) in [6.45, 7) is 5.19. The highest BCUT2D eigenvalue weighted by atomic mass is 32.1. The molecule has 1 fully saturated rings. The summed E-state index contributed by atoms with van der Waals surface area (Å²) in [6.07, 6.45) is -1.91. The number of carbonyl (C=O) groups is 1. The fourth-order valence-electron chi connectivity index (χ4n) is 3.59. The molecule has 1 aromatic carbocycles. The van der Waals surface area contributed by atoms with E-state index in [1.165, 1.54) is 35.3 Å². The third-order valence-corrected chi connectivity index (χ3v) is 5.61. The number of anilines is 1. The zero-order valence-corrected chi connectivity index (χ0v) is 18.2. The molecule has 3 aromatic rings. The lowest BCUT2D eigenvalue weighted by atomic mass is 10.2. The van der Waals surface area contributed by atoms with Gasteiger partial charge in [-0.25, -0.2) is 13.9 Å². The first-order valence-electron chi connectivity index (χ1n) is 9.97. The van der Waals surface area contributed by atoms with Gasteiger partial charge in [0.15, 0.2) is 17.0 Å². The summed E-state index contributed by atoms with van der Waals surface area (Å²) in [6, 6.07) is 8.12. The number of hydrogen-bond donors (Lipinski definition) is 1. The van der Waals surface area contributed by atoms with Crippen LogP contribution < -0.4 is 4.90 Å². The zero-order valence-electron chi connectivity index (χ0n) is 17.3. The summed E-state index contributed by atoms with van der Waals surface area (Å²) in [5.74, 6) is -0.818. The van der Waals surface area contributed by atoms with Gasteiger partial charge in [-0.3, -0.25) is 4.79 Å². The number of fused-ring (bicyclic) bond motifs is 1. The van der Waals surface area contributed by atoms with Crippen LogP contribution >= 0.6 is 12.6 Å². The van der Waals surface area contributed by atoms with Crippen LogP contribution in [0, 0.1) is 5.82 Å². The van der Waals surface area contributed by atoms with Crippen molar-refractivity contribution in [3.8, 4) is 0 Å². The van der Waals surface area contributed by atoms with Crippen molar-refractivity contribution in [2.75, 3.05) is 31.1 Å². The minimum absolute atomic E-state index is 0.00938. The number of aromatic nitrogens is 3. The number of allylic oxidation sites excluding steroid dienone is 2. The highest BCUT2D eigenvalue weighted by Crippen LogP contribution is 2.32. The maximum atomic E-state index is 13.7. The van der Waals surface area contributed by atoms with E-state index in [-0.39, 0.29) is 27.8 Å². The summed E-state index contributed by atoms with van der Waals surface area (Å²) in [5, 5.41) is 3.91. The van der Waals surface area contributed by atoms with Crippen LogP contribution in [0.1, 0.15) is 21.9 Å². The van der Waals surface area contributed by atoms with Crippen molar-refractivity contribution in [1.82, 2.24) is 19.5 Å². The second-order valence-electron chi connectivity index (χ2n) is 7.37. The van der Waals surface area contributed by atoms with Crippen LogP contribution in [0.25, 0.3) is 10.6 Å². The van der Waals surface area contributed by atoms with Gasteiger partial charge >= 0.3 is 6.18 Å². The zero-order chi connectivity index (χ0) is 23.8. The summed E-state index contributed by atoms with van der Waals surface area (Å²) in [7, 11) is 0. The molecule has 0 atom stereocenters. The van der Waals surface area contributed by atoms with Gasteiger partial charge in [-0.1, -0.05) is 12.7 Å². The van der Waals surface area contributed by atoms with Crippen LogP contribution in [0.2, 0.25) is 0 Å². The highest BCUT2D eigenvalue weighted by molar-refractivity contribution is 7.90. The SMILES string of the molecule is C=C/C=C(\S)c1cc(C(F)(F)F)n2nc(C(=O)N3CCN(c4ccc(F)cc4)CC3)cc2n1. The van der Waals surface area contributed by atoms with Crippen molar-refractivity contribution in [2.45, 2.75) is 6.18 Å². The van der Waals surface area contributed by atoms with Crippen molar-refractivity contribution in [1.29, 1.82) is 0 Å². The Morgan fingerprint density at radius 3 is 2.33 bits per heavy atom. The third kappa shape index (κ3) is 4.72. The largest absolute Gasteiger partial charge is 0.433 e. The second-order valence-corrected chi connectivity index (χ2v) is 7.85. The predicted octanol–water partition coefficient (Wildman–Crippen LogP) is 4.31. The molecule has 2 aromatic heterocycles. The van der Waals surface area contributed by atoms with Crippen LogP contribution in [0.4, 0.5) is 23.2 Å². The first-order chi connectivity index (χ1) is 15.7. The molecular formula is C22H19F4N5OS. The van der Waals surface area contributed by atoms with E-state index in [2.05, 4.69) is 29.3 Å². The topological polar surface area (TPSA) is 53.7 Å². The molecule has 1 saturated heterocycles. The number of alkyl halides is 3. The fraction of sp³-hybridized carbons (Fsp3) is 0.227. The number of carbonyl (C=O) groups excluding carboxylic acids is 1. The average molecular weight is 477 g/mol. The second kappa shape index (κ2) is 8.89. The van der Waals surface area contributed by atoms with Gasteiger partial charge in [0, 0.05) is 42.8 Å². The quantitative estimate of drug-likeness (QED) is 0.346. The standard InChI is InChI=1S/C22H19F4N5OS/c1-2-3-18(33)16-12-19(22(24,25)26)31-20(27-16)13-17(28-31)21(32)30-10-8-29(9-11-30)15-6-4-14(23)5-7-15/h2-7,12-13,33H,1,8-11H2/b18-3-. The van der Waals surface area contributed by atoms with E-state index in [0.29, 0.717) is 30.7 Å². The Bertz CT molecular complexity index is 1230. The van der Waals surface area contributed by atoms with Crippen molar-refractivity contribution in [3.63, 3.8) is 0 Å². The molecule has 0 unspecified atom stereocenters. The van der Waals surface area contributed by atoms with Crippen LogP contribution in [0.5, 0.6) is 0 Å². The van der Waals surface area contributed by atoms with Crippen molar-refractivity contribution >= 4 is 34.8 Å². The Morgan fingerprint density at radius 2 is 1.73 bits per heavy atom. The minimum Gasteiger partial charge on any atom is -0.368 e.